The number of likely N-dealkylation sites (N-methyl/N-ethyl adjacent to an activating group) is 1. The highest BCUT2D eigenvalue weighted by atomic mass is 19.3. The van der Waals surface area contributed by atoms with Crippen molar-refractivity contribution in [3.8, 4) is 0 Å². The number of hydrogen-bond donors (Lipinski definition) is 0. The van der Waals surface area contributed by atoms with Crippen molar-refractivity contribution in [3.63, 3.8) is 0 Å². The number of anilines is 1. The van der Waals surface area contributed by atoms with Gasteiger partial charge in [-0.1, -0.05) is 18.2 Å². The lowest BCUT2D eigenvalue weighted by atomic mass is 10.1. The van der Waals surface area contributed by atoms with Crippen LogP contribution in [0.1, 0.15) is 47.3 Å². The van der Waals surface area contributed by atoms with Gasteiger partial charge in [-0.2, -0.15) is 9.50 Å². The third kappa shape index (κ3) is 4.89. The van der Waals surface area contributed by atoms with Crippen LogP contribution in [0.3, 0.4) is 0 Å². The molecule has 9 nitrogen and oxygen atoms in total. The first-order valence-electron chi connectivity index (χ1n) is 11.1. The van der Waals surface area contributed by atoms with E-state index >= 15 is 0 Å². The lowest BCUT2D eigenvalue weighted by Crippen LogP contribution is -2.38. The van der Waals surface area contributed by atoms with Crippen molar-refractivity contribution >= 4 is 23.3 Å². The van der Waals surface area contributed by atoms with Crippen LogP contribution in [0.2, 0.25) is 0 Å². The van der Waals surface area contributed by atoms with Crippen LogP contribution in [-0.4, -0.2) is 74.4 Å². The normalized spacial score (nSPS) is 15.9. The summed E-state index contributed by atoms with van der Waals surface area (Å²) in [6.45, 7) is 5.63. The second-order valence-corrected chi connectivity index (χ2v) is 8.45. The summed E-state index contributed by atoms with van der Waals surface area (Å²) in [6.07, 6.45) is -2.00. The second kappa shape index (κ2) is 9.80. The molecule has 2 amide bonds. The monoisotopic (exact) mass is 471 g/mol. The summed E-state index contributed by atoms with van der Waals surface area (Å²) in [5, 5.41) is 4.08. The number of hydrogen-bond acceptors (Lipinski definition) is 6. The first kappa shape index (κ1) is 23.7. The second-order valence-electron chi connectivity index (χ2n) is 8.45. The van der Waals surface area contributed by atoms with Crippen LogP contribution >= 0.6 is 0 Å². The Morgan fingerprint density at radius 1 is 1.06 bits per heavy atom. The molecule has 2 aromatic heterocycles. The average Bonchev–Trinajstić information content (AvgIpc) is 3.21. The molecule has 0 saturated heterocycles. The highest BCUT2D eigenvalue weighted by molar-refractivity contribution is 5.93. The van der Waals surface area contributed by atoms with Crippen molar-refractivity contribution in [3.05, 3.63) is 53.1 Å². The number of aromatic nitrogens is 4. The fourth-order valence-electron chi connectivity index (χ4n) is 4.12. The lowest BCUT2D eigenvalue weighted by molar-refractivity contribution is -0.116. The van der Waals surface area contributed by atoms with Crippen LogP contribution in [0.5, 0.6) is 0 Å². The van der Waals surface area contributed by atoms with E-state index < -0.39 is 12.3 Å². The molecule has 1 aliphatic heterocycles. The largest absolute Gasteiger partial charge is 0.330 e. The van der Waals surface area contributed by atoms with Crippen LogP contribution in [0.15, 0.2) is 30.3 Å². The van der Waals surface area contributed by atoms with E-state index in [-0.39, 0.29) is 29.7 Å². The van der Waals surface area contributed by atoms with E-state index in [1.807, 2.05) is 31.3 Å². The topological polar surface area (TPSA) is 86.9 Å². The van der Waals surface area contributed by atoms with Gasteiger partial charge >= 0.3 is 0 Å². The number of nitrogens with zero attached hydrogens (tertiary/aromatic N) is 7. The number of alkyl halides is 2. The average molecular weight is 472 g/mol. The quantitative estimate of drug-likeness (QED) is 0.571. The van der Waals surface area contributed by atoms with Crippen molar-refractivity contribution in [2.45, 2.75) is 33.2 Å². The number of aryl methyl sites for hydroxylation is 1. The minimum atomic E-state index is -2.79. The molecule has 3 heterocycles. The molecule has 0 spiro atoms. The number of para-hydroxylation sites is 1. The molecule has 0 aliphatic carbocycles. The number of carbonyl (C=O) groups is 2. The van der Waals surface area contributed by atoms with Crippen LogP contribution in [0.4, 0.5) is 14.5 Å². The Morgan fingerprint density at radius 3 is 2.56 bits per heavy atom. The predicted octanol–water partition coefficient (Wildman–Crippen LogP) is 2.70. The molecule has 180 valence electrons. The molecular weight excluding hydrogens is 444 g/mol. The molecule has 0 saturated carbocycles. The first-order valence-corrected chi connectivity index (χ1v) is 11.1. The third-order valence-corrected chi connectivity index (χ3v) is 5.87. The highest BCUT2D eigenvalue weighted by Gasteiger charge is 2.26. The van der Waals surface area contributed by atoms with Crippen molar-refractivity contribution in [1.29, 1.82) is 0 Å². The van der Waals surface area contributed by atoms with Crippen LogP contribution in [0, 0.1) is 6.92 Å². The van der Waals surface area contributed by atoms with Gasteiger partial charge in [-0.25, -0.2) is 13.8 Å². The molecule has 4 rings (SSSR count). The molecule has 0 bridgehead atoms. The Hall–Kier alpha value is -3.47. The molecular formula is C23H27F2N7O2. The highest BCUT2D eigenvalue weighted by Crippen LogP contribution is 2.24. The van der Waals surface area contributed by atoms with E-state index in [1.54, 1.807) is 16.7 Å². The van der Waals surface area contributed by atoms with Crippen molar-refractivity contribution in [1.82, 2.24) is 29.4 Å². The van der Waals surface area contributed by atoms with Gasteiger partial charge in [-0.15, -0.1) is 5.10 Å². The number of benzene rings is 1. The number of halogens is 2. The SMILES string of the molecule is CC(=O)N1CCCN(C)CCN(C(=O)c2nc3nc(C)cc(C(F)F)n3n2)Cc2ccccc21. The summed E-state index contributed by atoms with van der Waals surface area (Å²) in [5.74, 6) is -0.800. The van der Waals surface area contributed by atoms with Crippen molar-refractivity contribution in [2.75, 3.05) is 38.1 Å². The number of rotatable bonds is 2. The van der Waals surface area contributed by atoms with Gasteiger partial charge in [0.15, 0.2) is 0 Å². The number of amides is 2. The van der Waals surface area contributed by atoms with Crippen molar-refractivity contribution < 1.29 is 18.4 Å². The first-order chi connectivity index (χ1) is 16.2. The van der Waals surface area contributed by atoms with E-state index in [2.05, 4.69) is 20.0 Å². The maximum atomic E-state index is 13.5. The number of carbonyl (C=O) groups excluding carboxylic acids is 2. The standard InChI is InChI=1S/C23H27F2N7O2/c1-15-13-19(20(24)25)32-23(26-15)27-21(28-32)22(34)30-12-11-29(3)9-6-10-31(16(2)33)18-8-5-4-7-17(18)14-30/h4-5,7-8,13,20H,6,9-12,14H2,1-3H3. The van der Waals surface area contributed by atoms with Gasteiger partial charge in [0.05, 0.1) is 0 Å². The summed E-state index contributed by atoms with van der Waals surface area (Å²) in [6, 6.07) is 8.69. The maximum absolute atomic E-state index is 13.5. The fourth-order valence-corrected chi connectivity index (χ4v) is 4.12. The molecule has 0 unspecified atom stereocenters. The summed E-state index contributed by atoms with van der Waals surface area (Å²) >= 11 is 0. The van der Waals surface area contributed by atoms with E-state index in [9.17, 15) is 18.4 Å². The van der Waals surface area contributed by atoms with Gasteiger partial charge in [0, 0.05) is 44.5 Å². The van der Waals surface area contributed by atoms with Crippen LogP contribution in [-0.2, 0) is 11.3 Å². The zero-order valence-corrected chi connectivity index (χ0v) is 19.4. The van der Waals surface area contributed by atoms with E-state index in [0.717, 1.165) is 28.7 Å². The fraction of sp³-hybridized carbons (Fsp3) is 0.435. The summed E-state index contributed by atoms with van der Waals surface area (Å²) in [4.78, 5) is 39.6. The molecule has 0 N–H and O–H groups in total. The summed E-state index contributed by atoms with van der Waals surface area (Å²) < 4.78 is 28.0. The molecule has 34 heavy (non-hydrogen) atoms. The van der Waals surface area contributed by atoms with Crippen LogP contribution in [0.25, 0.3) is 5.78 Å². The summed E-state index contributed by atoms with van der Waals surface area (Å²) in [5.41, 5.74) is 1.55. The van der Waals surface area contributed by atoms with Gasteiger partial charge in [0.25, 0.3) is 18.1 Å². The Balaban J connectivity index is 1.73. The Morgan fingerprint density at radius 2 is 1.82 bits per heavy atom. The molecule has 0 fully saturated rings. The van der Waals surface area contributed by atoms with Crippen LogP contribution < -0.4 is 4.90 Å². The van der Waals surface area contributed by atoms with Gasteiger partial charge < -0.3 is 14.7 Å². The molecule has 1 aliphatic rings. The van der Waals surface area contributed by atoms with Gasteiger partial charge in [0.2, 0.25) is 11.7 Å². The third-order valence-electron chi connectivity index (χ3n) is 5.87. The zero-order chi connectivity index (χ0) is 24.4. The van der Waals surface area contributed by atoms with Crippen molar-refractivity contribution in [2.24, 2.45) is 0 Å². The Labute approximate surface area is 196 Å². The van der Waals surface area contributed by atoms with E-state index in [0.29, 0.717) is 25.3 Å². The maximum Gasteiger partial charge on any atom is 0.293 e. The predicted molar refractivity (Wildman–Crippen MR) is 122 cm³/mol. The Bertz CT molecular complexity index is 1210. The van der Waals surface area contributed by atoms with E-state index in [1.165, 1.54) is 13.0 Å². The molecule has 0 atom stereocenters. The van der Waals surface area contributed by atoms with Gasteiger partial charge in [0.1, 0.15) is 5.69 Å². The van der Waals surface area contributed by atoms with Gasteiger partial charge in [-0.05, 0) is 44.6 Å². The Kier molecular flexibility index (Phi) is 6.82. The molecule has 0 radical (unpaired) electrons. The minimum absolute atomic E-state index is 0.0446. The lowest BCUT2D eigenvalue weighted by Gasteiger charge is -2.26. The van der Waals surface area contributed by atoms with Gasteiger partial charge in [-0.3, -0.25) is 9.59 Å². The van der Waals surface area contributed by atoms with E-state index in [4.69, 9.17) is 0 Å². The smallest absolute Gasteiger partial charge is 0.293 e. The molecule has 3 aromatic rings. The summed E-state index contributed by atoms with van der Waals surface area (Å²) in [7, 11) is 1.95. The molecule has 11 heteroatoms. The minimum Gasteiger partial charge on any atom is -0.330 e. The molecule has 1 aromatic carbocycles. The number of fused-ring (bicyclic) bond motifs is 2. The zero-order valence-electron chi connectivity index (χ0n) is 19.4.